The fraction of sp³-hybridized carbons (Fsp3) is 0.243. The normalized spacial score (nSPS) is 13.6. The Labute approximate surface area is 444 Å². The van der Waals surface area contributed by atoms with Gasteiger partial charge < -0.3 is 14.5 Å². The minimum absolute atomic E-state index is 0.0436. The highest BCUT2D eigenvalue weighted by atomic mass is 16.5. The van der Waals surface area contributed by atoms with E-state index in [4.69, 9.17) is 9.72 Å². The number of anilines is 4. The van der Waals surface area contributed by atoms with Crippen molar-refractivity contribution >= 4 is 44.6 Å². The number of aromatic nitrogens is 2. The lowest BCUT2D eigenvalue weighted by atomic mass is 9.80. The van der Waals surface area contributed by atoms with Crippen LogP contribution in [-0.4, -0.2) is 16.2 Å². The van der Waals surface area contributed by atoms with Gasteiger partial charge in [-0.2, -0.15) is 0 Å². The summed E-state index contributed by atoms with van der Waals surface area (Å²) in [4.78, 5) is 10.7. The standard InChI is InChI=1S/C70H68N4O/c1-67(2,3)47-24-20-22-45(34-47)58-37-49(69(7,8)9)38-59-55-26-14-13-25-54(55)44-21-19-23-46(33-44)60-39-50(70(10,11)12)40-65(71-60)74-61-28-16-15-27-56(61)57-32-31-52(42-64(57)74)75-53-36-48(68(4,5)6)35-51(41-53)72-43-73(66(58)59)63-30-18-17-29-62(63)72/h13-42H,43H2,1-12H3. The molecular formula is C70H68N4O. The molecule has 10 aromatic rings. The lowest BCUT2D eigenvalue weighted by Crippen LogP contribution is -2.26. The molecule has 374 valence electrons. The van der Waals surface area contributed by atoms with Crippen LogP contribution >= 0.6 is 0 Å². The van der Waals surface area contributed by atoms with Gasteiger partial charge in [-0.25, -0.2) is 4.98 Å². The first-order valence-electron chi connectivity index (χ1n) is 26.7. The minimum atomic E-state index is -0.168. The molecule has 0 aliphatic carbocycles. The molecular weight excluding hydrogens is 913 g/mol. The molecule has 0 N–H and O–H groups in total. The molecule has 2 aromatic heterocycles. The maximum atomic E-state index is 7.15. The number of hydrogen-bond donors (Lipinski definition) is 0. The van der Waals surface area contributed by atoms with Crippen molar-refractivity contribution < 1.29 is 4.74 Å². The molecule has 75 heavy (non-hydrogen) atoms. The van der Waals surface area contributed by atoms with Crippen LogP contribution in [0.3, 0.4) is 0 Å². The van der Waals surface area contributed by atoms with E-state index in [2.05, 4.69) is 279 Å². The van der Waals surface area contributed by atoms with Crippen molar-refractivity contribution in [3.8, 4) is 62.0 Å². The first kappa shape index (κ1) is 48.1. The summed E-state index contributed by atoms with van der Waals surface area (Å²) >= 11 is 0. The monoisotopic (exact) mass is 981 g/mol. The fourth-order valence-corrected chi connectivity index (χ4v) is 11.2. The van der Waals surface area contributed by atoms with E-state index >= 15 is 0 Å². The predicted molar refractivity (Wildman–Crippen MR) is 317 cm³/mol. The molecule has 0 spiro atoms. The summed E-state index contributed by atoms with van der Waals surface area (Å²) in [6.07, 6.45) is 0. The first-order valence-corrected chi connectivity index (χ1v) is 26.7. The lowest BCUT2D eigenvalue weighted by molar-refractivity contribution is 0.479. The van der Waals surface area contributed by atoms with Gasteiger partial charge in [0.05, 0.1) is 33.8 Å². The third kappa shape index (κ3) is 8.57. The molecule has 0 saturated heterocycles. The molecule has 12 rings (SSSR count). The molecule has 8 aromatic carbocycles. The summed E-state index contributed by atoms with van der Waals surface area (Å²) < 4.78 is 9.49. The number of pyridine rings is 1. The van der Waals surface area contributed by atoms with Gasteiger partial charge in [-0.05, 0) is 139 Å². The van der Waals surface area contributed by atoms with Crippen molar-refractivity contribution in [3.63, 3.8) is 0 Å². The Morgan fingerprint density at radius 2 is 0.973 bits per heavy atom. The Kier molecular flexibility index (Phi) is 11.1. The smallest absolute Gasteiger partial charge is 0.138 e. The summed E-state index contributed by atoms with van der Waals surface area (Å²) in [6, 6.07) is 67.9. The highest BCUT2D eigenvalue weighted by molar-refractivity contribution is 6.09. The molecule has 2 aliphatic heterocycles. The summed E-state index contributed by atoms with van der Waals surface area (Å²) in [7, 11) is 0. The molecule has 0 atom stereocenters. The van der Waals surface area contributed by atoms with Crippen LogP contribution in [0.2, 0.25) is 0 Å². The van der Waals surface area contributed by atoms with E-state index in [9.17, 15) is 0 Å². The molecule has 0 radical (unpaired) electrons. The number of para-hydroxylation sites is 3. The molecule has 10 bridgehead atoms. The van der Waals surface area contributed by atoms with Crippen LogP contribution in [-0.2, 0) is 21.7 Å². The summed E-state index contributed by atoms with van der Waals surface area (Å²) in [5.74, 6) is 2.43. The highest BCUT2D eigenvalue weighted by Gasteiger charge is 2.34. The van der Waals surface area contributed by atoms with Gasteiger partial charge in [-0.3, -0.25) is 4.57 Å². The summed E-state index contributed by atoms with van der Waals surface area (Å²) in [6.45, 7) is 28.3. The average Bonchev–Trinajstić information content (AvgIpc) is 3.96. The molecule has 0 amide bonds. The van der Waals surface area contributed by atoms with E-state index in [1.165, 1.54) is 55.6 Å². The van der Waals surface area contributed by atoms with Crippen molar-refractivity contribution in [2.75, 3.05) is 16.5 Å². The Morgan fingerprint density at radius 3 is 1.71 bits per heavy atom. The highest BCUT2D eigenvalue weighted by Crippen LogP contribution is 2.54. The van der Waals surface area contributed by atoms with Crippen LogP contribution < -0.4 is 14.5 Å². The third-order valence-corrected chi connectivity index (χ3v) is 15.6. The van der Waals surface area contributed by atoms with E-state index in [1.807, 2.05) is 0 Å². The van der Waals surface area contributed by atoms with Crippen LogP contribution in [0.5, 0.6) is 11.5 Å². The quantitative estimate of drug-likeness (QED) is 0.164. The van der Waals surface area contributed by atoms with Crippen LogP contribution in [0.25, 0.3) is 72.3 Å². The van der Waals surface area contributed by atoms with Gasteiger partial charge in [0.15, 0.2) is 0 Å². The van der Waals surface area contributed by atoms with Crippen molar-refractivity contribution in [2.24, 2.45) is 0 Å². The van der Waals surface area contributed by atoms with Crippen molar-refractivity contribution in [1.29, 1.82) is 0 Å². The number of benzene rings is 8. The molecule has 4 heterocycles. The maximum Gasteiger partial charge on any atom is 0.138 e. The lowest BCUT2D eigenvalue weighted by Gasteiger charge is -2.31. The van der Waals surface area contributed by atoms with Crippen LogP contribution in [0.1, 0.15) is 105 Å². The second-order valence-corrected chi connectivity index (χ2v) is 25.1. The zero-order valence-corrected chi connectivity index (χ0v) is 45.7. The van der Waals surface area contributed by atoms with Gasteiger partial charge in [-0.1, -0.05) is 180 Å². The molecule has 5 nitrogen and oxygen atoms in total. The number of fused-ring (bicyclic) bond motifs is 23. The van der Waals surface area contributed by atoms with Crippen molar-refractivity contribution in [2.45, 2.75) is 105 Å². The van der Waals surface area contributed by atoms with E-state index in [0.29, 0.717) is 6.67 Å². The molecule has 0 fully saturated rings. The van der Waals surface area contributed by atoms with Crippen LogP contribution in [0.15, 0.2) is 182 Å². The number of hydrogen-bond acceptors (Lipinski definition) is 4. The van der Waals surface area contributed by atoms with Crippen molar-refractivity contribution in [3.05, 3.63) is 204 Å². The van der Waals surface area contributed by atoms with Gasteiger partial charge in [0.2, 0.25) is 0 Å². The number of rotatable bonds is 1. The van der Waals surface area contributed by atoms with Gasteiger partial charge >= 0.3 is 0 Å². The van der Waals surface area contributed by atoms with Gasteiger partial charge in [-0.15, -0.1) is 0 Å². The van der Waals surface area contributed by atoms with E-state index in [0.717, 1.165) is 73.2 Å². The number of nitrogens with zero attached hydrogens (tertiary/aromatic N) is 4. The largest absolute Gasteiger partial charge is 0.457 e. The zero-order valence-electron chi connectivity index (χ0n) is 45.7. The Balaban J connectivity index is 1.20. The van der Waals surface area contributed by atoms with Crippen LogP contribution in [0.4, 0.5) is 22.7 Å². The van der Waals surface area contributed by atoms with Gasteiger partial charge in [0.1, 0.15) is 24.0 Å². The fourth-order valence-electron chi connectivity index (χ4n) is 11.2. The Bertz CT molecular complexity index is 3900. The van der Waals surface area contributed by atoms with E-state index in [-0.39, 0.29) is 21.7 Å². The summed E-state index contributed by atoms with van der Waals surface area (Å²) in [5.41, 5.74) is 20.2. The second kappa shape index (κ2) is 17.3. The zero-order chi connectivity index (χ0) is 52.3. The Morgan fingerprint density at radius 1 is 0.387 bits per heavy atom. The minimum Gasteiger partial charge on any atom is -0.457 e. The van der Waals surface area contributed by atoms with Crippen molar-refractivity contribution in [1.82, 2.24) is 9.55 Å². The Hall–Kier alpha value is -7.89. The maximum absolute atomic E-state index is 7.15. The topological polar surface area (TPSA) is 33.5 Å². The SMILES string of the molecule is CC(C)(C)c1cccc(-c2cc(C(C)(C)C)cc3c2N2CN(c4cc(cc(C(C)(C)C)c4)Oc4ccc5c6ccccc6n(c5c4)-c4cc(C(C)(C)C)cc(n4)-c4cccc(c4)-c4ccccc4-3)c3ccccc32)c1. The predicted octanol–water partition coefficient (Wildman–Crippen LogP) is 19.4. The second-order valence-electron chi connectivity index (χ2n) is 25.1. The van der Waals surface area contributed by atoms with E-state index in [1.54, 1.807) is 0 Å². The number of ether oxygens (including phenoxy) is 1. The van der Waals surface area contributed by atoms with E-state index < -0.39 is 0 Å². The van der Waals surface area contributed by atoms with Gasteiger partial charge in [0, 0.05) is 45.3 Å². The third-order valence-electron chi connectivity index (χ3n) is 15.6. The molecule has 0 unspecified atom stereocenters. The molecule has 2 aliphatic rings. The average molecular weight is 981 g/mol. The molecule has 5 heteroatoms. The molecule has 0 saturated carbocycles. The van der Waals surface area contributed by atoms with Crippen LogP contribution in [0, 0.1) is 0 Å². The van der Waals surface area contributed by atoms with Gasteiger partial charge in [0.25, 0.3) is 0 Å². The first-order chi connectivity index (χ1) is 35.7. The summed E-state index contributed by atoms with van der Waals surface area (Å²) in [5, 5.41) is 2.32.